The summed E-state index contributed by atoms with van der Waals surface area (Å²) in [6.07, 6.45) is 17.3. The maximum Gasteiger partial charge on any atom is 0.305 e. The molecule has 0 spiro atoms. The monoisotopic (exact) mass is 386 g/mol. The standard InChI is InChI=1S/C21H38O6/c1-2-3-11-14-20(27-25)15-12-9-7-5-4-6-8-10-13-16-21(24)26-18-19(23)17-22/h7,9,12,15,19-20,22-23,25H,2-6,8,10-11,13-14,16-18H2,1H3/b9-7+,15-12+. The average Bonchev–Trinajstić information content (AvgIpc) is 2.68. The Morgan fingerprint density at radius 3 is 2.48 bits per heavy atom. The number of hydrogen-bond donors (Lipinski definition) is 3. The maximum atomic E-state index is 11.4. The van der Waals surface area contributed by atoms with Gasteiger partial charge >= 0.3 is 5.97 Å². The molecule has 6 nitrogen and oxygen atoms in total. The third kappa shape index (κ3) is 17.9. The molecule has 2 atom stereocenters. The van der Waals surface area contributed by atoms with Crippen molar-refractivity contribution in [3.8, 4) is 0 Å². The molecule has 2 unspecified atom stereocenters. The summed E-state index contributed by atoms with van der Waals surface area (Å²) in [6.45, 7) is 1.61. The van der Waals surface area contributed by atoms with Crippen molar-refractivity contribution in [1.82, 2.24) is 0 Å². The van der Waals surface area contributed by atoms with Gasteiger partial charge in [-0.2, -0.15) is 0 Å². The highest BCUT2D eigenvalue weighted by Crippen LogP contribution is 2.09. The van der Waals surface area contributed by atoms with E-state index in [4.69, 9.17) is 20.2 Å². The summed E-state index contributed by atoms with van der Waals surface area (Å²) in [5.41, 5.74) is 0. The highest BCUT2D eigenvalue weighted by Gasteiger charge is 2.07. The van der Waals surface area contributed by atoms with Crippen molar-refractivity contribution < 1.29 is 29.9 Å². The predicted molar refractivity (Wildman–Crippen MR) is 106 cm³/mol. The molecule has 0 fully saturated rings. The second-order valence-corrected chi connectivity index (χ2v) is 6.78. The van der Waals surface area contributed by atoms with Crippen LogP contribution in [0.4, 0.5) is 0 Å². The van der Waals surface area contributed by atoms with Crippen LogP contribution in [-0.2, 0) is 14.4 Å². The summed E-state index contributed by atoms with van der Waals surface area (Å²) in [5, 5.41) is 26.5. The van der Waals surface area contributed by atoms with E-state index < -0.39 is 12.7 Å². The molecular weight excluding hydrogens is 348 g/mol. The normalized spacial score (nSPS) is 14.1. The summed E-state index contributed by atoms with van der Waals surface area (Å²) in [5.74, 6) is -0.322. The Kier molecular flexibility index (Phi) is 18.7. The van der Waals surface area contributed by atoms with E-state index in [0.29, 0.717) is 6.42 Å². The second-order valence-electron chi connectivity index (χ2n) is 6.78. The lowest BCUT2D eigenvalue weighted by Gasteiger charge is -2.08. The van der Waals surface area contributed by atoms with Crippen LogP contribution in [0.1, 0.15) is 77.6 Å². The molecule has 0 aromatic rings. The van der Waals surface area contributed by atoms with E-state index >= 15 is 0 Å². The topological polar surface area (TPSA) is 96.2 Å². The van der Waals surface area contributed by atoms with Crippen molar-refractivity contribution in [2.24, 2.45) is 0 Å². The quantitative estimate of drug-likeness (QED) is 0.108. The van der Waals surface area contributed by atoms with Gasteiger partial charge in [0, 0.05) is 6.42 Å². The molecule has 0 aliphatic rings. The minimum Gasteiger partial charge on any atom is -0.463 e. The van der Waals surface area contributed by atoms with Crippen molar-refractivity contribution in [3.05, 3.63) is 24.3 Å². The van der Waals surface area contributed by atoms with E-state index in [9.17, 15) is 4.79 Å². The fourth-order valence-corrected chi connectivity index (χ4v) is 2.52. The van der Waals surface area contributed by atoms with Gasteiger partial charge in [0.2, 0.25) is 0 Å². The number of aliphatic hydroxyl groups is 2. The van der Waals surface area contributed by atoms with Gasteiger partial charge < -0.3 is 14.9 Å². The molecule has 0 rings (SSSR count). The van der Waals surface area contributed by atoms with E-state index in [2.05, 4.69) is 17.9 Å². The molecule has 27 heavy (non-hydrogen) atoms. The van der Waals surface area contributed by atoms with Gasteiger partial charge in [-0.25, -0.2) is 4.89 Å². The molecule has 0 amide bonds. The minimum absolute atomic E-state index is 0.139. The molecule has 0 aliphatic heterocycles. The molecule has 0 radical (unpaired) electrons. The van der Waals surface area contributed by atoms with Crippen molar-refractivity contribution in [3.63, 3.8) is 0 Å². The van der Waals surface area contributed by atoms with Gasteiger partial charge in [0.05, 0.1) is 6.61 Å². The number of unbranched alkanes of at least 4 members (excludes halogenated alkanes) is 7. The molecule has 0 heterocycles. The molecule has 0 saturated carbocycles. The molecule has 0 bridgehead atoms. The van der Waals surface area contributed by atoms with Crippen LogP contribution in [0.3, 0.4) is 0 Å². The van der Waals surface area contributed by atoms with Crippen LogP contribution in [-0.4, -0.2) is 46.9 Å². The number of carbonyl (C=O) groups excluding carboxylic acids is 1. The highest BCUT2D eigenvalue weighted by atomic mass is 17.1. The zero-order chi connectivity index (χ0) is 20.2. The SMILES string of the molecule is CCCCCC(/C=C/C=C/CCCCCCCC(=O)OCC(O)CO)OO. The predicted octanol–water partition coefficient (Wildman–Crippen LogP) is 4.16. The van der Waals surface area contributed by atoms with Crippen molar-refractivity contribution in [1.29, 1.82) is 0 Å². The fraction of sp³-hybridized carbons (Fsp3) is 0.762. The summed E-state index contributed by atoms with van der Waals surface area (Å²) in [4.78, 5) is 15.8. The number of ether oxygens (including phenoxy) is 1. The first-order valence-electron chi connectivity index (χ1n) is 10.2. The minimum atomic E-state index is -0.986. The van der Waals surface area contributed by atoms with E-state index in [0.717, 1.165) is 64.2 Å². The summed E-state index contributed by atoms with van der Waals surface area (Å²) in [7, 11) is 0. The fourth-order valence-electron chi connectivity index (χ4n) is 2.52. The molecule has 3 N–H and O–H groups in total. The molecule has 6 heteroatoms. The third-order valence-electron chi connectivity index (χ3n) is 4.20. The molecule has 158 valence electrons. The number of hydrogen-bond acceptors (Lipinski definition) is 6. The first-order valence-corrected chi connectivity index (χ1v) is 10.2. The van der Waals surface area contributed by atoms with Crippen molar-refractivity contribution in [2.75, 3.05) is 13.2 Å². The molecule has 0 saturated heterocycles. The van der Waals surface area contributed by atoms with Crippen LogP contribution >= 0.6 is 0 Å². The Labute approximate surface area is 163 Å². The molecular formula is C21H38O6. The number of aliphatic hydroxyl groups excluding tert-OH is 2. The zero-order valence-corrected chi connectivity index (χ0v) is 16.7. The van der Waals surface area contributed by atoms with Gasteiger partial charge in [0.1, 0.15) is 18.8 Å². The van der Waals surface area contributed by atoms with Crippen LogP contribution in [0.5, 0.6) is 0 Å². The first kappa shape index (κ1) is 25.8. The van der Waals surface area contributed by atoms with Gasteiger partial charge in [0.15, 0.2) is 0 Å². The van der Waals surface area contributed by atoms with Crippen molar-refractivity contribution >= 4 is 5.97 Å². The Bertz CT molecular complexity index is 394. The van der Waals surface area contributed by atoms with E-state index in [1.165, 1.54) is 0 Å². The smallest absolute Gasteiger partial charge is 0.305 e. The Morgan fingerprint density at radius 2 is 1.78 bits per heavy atom. The molecule has 0 aromatic heterocycles. The van der Waals surface area contributed by atoms with Gasteiger partial charge in [-0.05, 0) is 25.7 Å². The highest BCUT2D eigenvalue weighted by molar-refractivity contribution is 5.69. The Hall–Kier alpha value is -1.21. The van der Waals surface area contributed by atoms with Gasteiger partial charge in [-0.3, -0.25) is 10.1 Å². The van der Waals surface area contributed by atoms with E-state index in [1.54, 1.807) is 0 Å². The van der Waals surface area contributed by atoms with E-state index in [1.807, 2.05) is 18.2 Å². The summed E-state index contributed by atoms with van der Waals surface area (Å²) >= 11 is 0. The summed E-state index contributed by atoms with van der Waals surface area (Å²) in [6, 6.07) is 0. The first-order chi connectivity index (χ1) is 13.1. The number of esters is 1. The lowest BCUT2D eigenvalue weighted by atomic mass is 10.1. The number of allylic oxidation sites excluding steroid dienone is 3. The number of carbonyl (C=O) groups is 1. The van der Waals surface area contributed by atoms with Crippen LogP contribution in [0, 0.1) is 0 Å². The van der Waals surface area contributed by atoms with Crippen LogP contribution in [0.25, 0.3) is 0 Å². The van der Waals surface area contributed by atoms with Crippen LogP contribution < -0.4 is 0 Å². The van der Waals surface area contributed by atoms with Gasteiger partial charge in [-0.15, -0.1) is 0 Å². The maximum absolute atomic E-state index is 11.4. The van der Waals surface area contributed by atoms with Crippen LogP contribution in [0.2, 0.25) is 0 Å². The van der Waals surface area contributed by atoms with Crippen molar-refractivity contribution in [2.45, 2.75) is 89.8 Å². The number of rotatable bonds is 18. The lowest BCUT2D eigenvalue weighted by molar-refractivity contribution is -0.267. The van der Waals surface area contributed by atoms with E-state index in [-0.39, 0.29) is 18.7 Å². The lowest BCUT2D eigenvalue weighted by Crippen LogP contribution is -2.21. The van der Waals surface area contributed by atoms with Gasteiger partial charge in [-0.1, -0.05) is 69.8 Å². The Balaban J connectivity index is 3.53. The third-order valence-corrected chi connectivity index (χ3v) is 4.20. The summed E-state index contributed by atoms with van der Waals surface area (Å²) < 4.78 is 4.84. The Morgan fingerprint density at radius 1 is 1.04 bits per heavy atom. The second kappa shape index (κ2) is 19.5. The van der Waals surface area contributed by atoms with Gasteiger partial charge in [0.25, 0.3) is 0 Å². The molecule has 0 aromatic carbocycles. The largest absolute Gasteiger partial charge is 0.463 e. The zero-order valence-electron chi connectivity index (χ0n) is 16.7. The van der Waals surface area contributed by atoms with Crippen LogP contribution in [0.15, 0.2) is 24.3 Å². The average molecular weight is 387 g/mol. The molecule has 0 aliphatic carbocycles.